The first-order valence-electron chi connectivity index (χ1n) is 7.57. The van der Waals surface area contributed by atoms with Gasteiger partial charge in [-0.05, 0) is 18.2 Å². The van der Waals surface area contributed by atoms with Crippen LogP contribution in [0.2, 0.25) is 10.0 Å². The number of benzene rings is 2. The van der Waals surface area contributed by atoms with Crippen molar-refractivity contribution in [3.63, 3.8) is 0 Å². The summed E-state index contributed by atoms with van der Waals surface area (Å²) in [6, 6.07) is 8.84. The molecule has 1 atom stereocenters. The van der Waals surface area contributed by atoms with Gasteiger partial charge in [0.2, 0.25) is 12.7 Å². The van der Waals surface area contributed by atoms with Crippen LogP contribution in [0.25, 0.3) is 0 Å². The minimum absolute atomic E-state index is 0.00187. The van der Waals surface area contributed by atoms with Crippen molar-refractivity contribution in [3.05, 3.63) is 56.9 Å². The first-order chi connectivity index (χ1) is 12.5. The molecule has 2 heterocycles. The van der Waals surface area contributed by atoms with E-state index in [2.05, 4.69) is 6.07 Å². The Morgan fingerprint density at radius 1 is 1.12 bits per heavy atom. The summed E-state index contributed by atoms with van der Waals surface area (Å²) in [5.41, 5.74) is 7.51. The van der Waals surface area contributed by atoms with Crippen molar-refractivity contribution in [1.29, 1.82) is 5.26 Å². The maximum absolute atomic E-state index is 9.68. The summed E-state index contributed by atoms with van der Waals surface area (Å²) in [6.07, 6.45) is 0. The second-order valence-corrected chi connectivity index (χ2v) is 6.52. The first-order valence-corrected chi connectivity index (χ1v) is 8.33. The van der Waals surface area contributed by atoms with Crippen LogP contribution in [0.4, 0.5) is 0 Å². The molecule has 26 heavy (non-hydrogen) atoms. The molecule has 0 bridgehead atoms. The number of nitriles is 1. The van der Waals surface area contributed by atoms with Crippen LogP contribution in [-0.4, -0.2) is 13.9 Å². The van der Waals surface area contributed by atoms with Gasteiger partial charge in [-0.15, -0.1) is 0 Å². The zero-order valence-electron chi connectivity index (χ0n) is 13.5. The number of nitrogens with two attached hydrogens (primary N) is 1. The SMILES string of the molecule is COc1c(Cl)cc(Cl)cc1[C@@H]1C(C#N)=C(N)Oc2cc3c(cc21)OCO3. The quantitative estimate of drug-likeness (QED) is 0.834. The summed E-state index contributed by atoms with van der Waals surface area (Å²) in [4.78, 5) is 0. The second kappa shape index (κ2) is 6.20. The maximum Gasteiger partial charge on any atom is 0.231 e. The lowest BCUT2D eigenvalue weighted by molar-refractivity contribution is 0.174. The average Bonchev–Trinajstić information content (AvgIpc) is 3.05. The third-order valence-corrected chi connectivity index (χ3v) is 4.76. The van der Waals surface area contributed by atoms with Gasteiger partial charge in [0.05, 0.1) is 18.1 Å². The van der Waals surface area contributed by atoms with Gasteiger partial charge in [-0.1, -0.05) is 23.2 Å². The molecule has 0 saturated carbocycles. The number of allylic oxidation sites excluding steroid dienone is 1. The van der Waals surface area contributed by atoms with Crippen LogP contribution in [0.15, 0.2) is 35.7 Å². The number of hydrogen-bond acceptors (Lipinski definition) is 6. The number of ether oxygens (including phenoxy) is 4. The number of methoxy groups -OCH3 is 1. The van der Waals surface area contributed by atoms with Gasteiger partial charge in [0.1, 0.15) is 23.1 Å². The van der Waals surface area contributed by atoms with Crippen LogP contribution < -0.4 is 24.7 Å². The van der Waals surface area contributed by atoms with Gasteiger partial charge in [0.15, 0.2) is 11.5 Å². The summed E-state index contributed by atoms with van der Waals surface area (Å²) in [5, 5.41) is 10.4. The molecule has 2 aromatic rings. The van der Waals surface area contributed by atoms with Crippen LogP contribution in [0, 0.1) is 11.3 Å². The molecule has 2 N–H and O–H groups in total. The number of fused-ring (bicyclic) bond motifs is 2. The molecule has 2 aliphatic heterocycles. The fourth-order valence-electron chi connectivity index (χ4n) is 3.18. The summed E-state index contributed by atoms with van der Waals surface area (Å²) >= 11 is 12.5. The molecule has 0 spiro atoms. The Labute approximate surface area is 159 Å². The van der Waals surface area contributed by atoms with Gasteiger partial charge in [-0.2, -0.15) is 5.26 Å². The Balaban J connectivity index is 2.00. The maximum atomic E-state index is 9.68. The lowest BCUT2D eigenvalue weighted by Crippen LogP contribution is -2.21. The van der Waals surface area contributed by atoms with E-state index < -0.39 is 5.92 Å². The summed E-state index contributed by atoms with van der Waals surface area (Å²) in [6.45, 7) is 0.114. The van der Waals surface area contributed by atoms with Crippen molar-refractivity contribution >= 4 is 23.2 Å². The van der Waals surface area contributed by atoms with E-state index in [1.807, 2.05) is 0 Å². The van der Waals surface area contributed by atoms with E-state index in [9.17, 15) is 5.26 Å². The molecule has 0 amide bonds. The lowest BCUT2D eigenvalue weighted by atomic mass is 9.83. The summed E-state index contributed by atoms with van der Waals surface area (Å²) in [5.74, 6) is 1.40. The molecular weight excluding hydrogens is 379 g/mol. The number of nitrogens with zero attached hydrogens (tertiary/aromatic N) is 1. The van der Waals surface area contributed by atoms with E-state index >= 15 is 0 Å². The number of halogens is 2. The molecule has 2 aliphatic rings. The molecular formula is C18H12Cl2N2O4. The Morgan fingerprint density at radius 2 is 1.85 bits per heavy atom. The highest BCUT2D eigenvalue weighted by molar-refractivity contribution is 6.35. The fraction of sp³-hybridized carbons (Fsp3) is 0.167. The van der Waals surface area contributed by atoms with Crippen molar-refractivity contribution in [2.45, 2.75) is 5.92 Å². The van der Waals surface area contributed by atoms with Gasteiger partial charge >= 0.3 is 0 Å². The normalized spacial score (nSPS) is 17.4. The fourth-order valence-corrected chi connectivity index (χ4v) is 3.76. The van der Waals surface area contributed by atoms with E-state index in [4.69, 9.17) is 47.9 Å². The second-order valence-electron chi connectivity index (χ2n) is 5.68. The zero-order valence-corrected chi connectivity index (χ0v) is 15.0. The van der Waals surface area contributed by atoms with Gasteiger partial charge in [0.25, 0.3) is 0 Å². The smallest absolute Gasteiger partial charge is 0.231 e. The molecule has 0 aromatic heterocycles. The molecule has 0 saturated heterocycles. The minimum Gasteiger partial charge on any atom is -0.495 e. The standard InChI is InChI=1S/C18H12Cl2N2O4/c1-23-17-10(2-8(19)3-12(17)20)16-9-4-14-15(25-7-24-14)5-13(9)26-18(22)11(16)6-21/h2-5,16H,7,22H2,1H3/t16-/m1/s1. The highest BCUT2D eigenvalue weighted by Crippen LogP contribution is 2.50. The third kappa shape index (κ3) is 2.48. The molecule has 0 fully saturated rings. The predicted octanol–water partition coefficient (Wildman–Crippen LogP) is 3.95. The molecule has 132 valence electrons. The molecule has 8 heteroatoms. The van der Waals surface area contributed by atoms with E-state index in [0.717, 1.165) is 0 Å². The Bertz CT molecular complexity index is 998. The highest BCUT2D eigenvalue weighted by Gasteiger charge is 2.35. The van der Waals surface area contributed by atoms with Crippen molar-refractivity contribution in [2.75, 3.05) is 13.9 Å². The third-order valence-electron chi connectivity index (χ3n) is 4.26. The van der Waals surface area contributed by atoms with Crippen LogP contribution in [-0.2, 0) is 0 Å². The minimum atomic E-state index is -0.579. The van der Waals surface area contributed by atoms with Crippen molar-refractivity contribution in [1.82, 2.24) is 0 Å². The largest absolute Gasteiger partial charge is 0.495 e. The predicted molar refractivity (Wildman–Crippen MR) is 94.9 cm³/mol. The van der Waals surface area contributed by atoms with Crippen molar-refractivity contribution in [2.24, 2.45) is 5.73 Å². The number of rotatable bonds is 2. The first kappa shape index (κ1) is 16.7. The van der Waals surface area contributed by atoms with E-state index in [1.165, 1.54) is 7.11 Å². The highest BCUT2D eigenvalue weighted by atomic mass is 35.5. The lowest BCUT2D eigenvalue weighted by Gasteiger charge is -2.28. The topological polar surface area (TPSA) is 86.7 Å². The number of hydrogen-bond donors (Lipinski definition) is 1. The van der Waals surface area contributed by atoms with Crippen LogP contribution in [0.3, 0.4) is 0 Å². The Hall–Kier alpha value is -2.75. The van der Waals surface area contributed by atoms with Crippen LogP contribution >= 0.6 is 23.2 Å². The van der Waals surface area contributed by atoms with Gasteiger partial charge < -0.3 is 24.7 Å². The van der Waals surface area contributed by atoms with E-state index in [0.29, 0.717) is 44.2 Å². The Morgan fingerprint density at radius 3 is 2.54 bits per heavy atom. The molecule has 0 unspecified atom stereocenters. The summed E-state index contributed by atoms with van der Waals surface area (Å²) in [7, 11) is 1.50. The van der Waals surface area contributed by atoms with E-state index in [-0.39, 0.29) is 18.2 Å². The molecule has 4 rings (SSSR count). The van der Waals surface area contributed by atoms with Crippen molar-refractivity contribution in [3.8, 4) is 29.1 Å². The monoisotopic (exact) mass is 390 g/mol. The Kier molecular flexibility index (Phi) is 3.98. The molecule has 0 aliphatic carbocycles. The van der Waals surface area contributed by atoms with Gasteiger partial charge in [-0.25, -0.2) is 0 Å². The van der Waals surface area contributed by atoms with Crippen LogP contribution in [0.5, 0.6) is 23.0 Å². The van der Waals surface area contributed by atoms with Gasteiger partial charge in [-0.3, -0.25) is 0 Å². The molecule has 6 nitrogen and oxygen atoms in total. The van der Waals surface area contributed by atoms with E-state index in [1.54, 1.807) is 24.3 Å². The molecule has 2 aromatic carbocycles. The zero-order chi connectivity index (χ0) is 18.4. The van der Waals surface area contributed by atoms with Crippen LogP contribution in [0.1, 0.15) is 17.0 Å². The summed E-state index contributed by atoms with van der Waals surface area (Å²) < 4.78 is 21.9. The average molecular weight is 391 g/mol. The van der Waals surface area contributed by atoms with Gasteiger partial charge in [0, 0.05) is 22.2 Å². The van der Waals surface area contributed by atoms with Crippen molar-refractivity contribution < 1.29 is 18.9 Å². The molecule has 0 radical (unpaired) electrons.